The molecule has 3 aromatic rings. The number of hydrogen-bond donors (Lipinski definition) is 1. The van der Waals surface area contributed by atoms with Gasteiger partial charge in [-0.15, -0.1) is 11.3 Å². The number of ether oxygens (including phenoxy) is 2. The Labute approximate surface area is 175 Å². The van der Waals surface area contributed by atoms with E-state index in [1.54, 1.807) is 30.6 Å². The van der Waals surface area contributed by atoms with E-state index in [9.17, 15) is 4.39 Å². The number of thiophene rings is 1. The van der Waals surface area contributed by atoms with Crippen molar-refractivity contribution in [1.29, 1.82) is 0 Å². The molecule has 0 amide bonds. The second-order valence-corrected chi connectivity index (χ2v) is 8.06. The van der Waals surface area contributed by atoms with Crippen molar-refractivity contribution < 1.29 is 13.9 Å². The molecule has 0 aliphatic carbocycles. The fourth-order valence-corrected chi connectivity index (χ4v) is 3.89. The Bertz CT molecular complexity index is 885. The lowest BCUT2D eigenvalue weighted by molar-refractivity contribution is 0.279. The maximum absolute atomic E-state index is 13.9. The Kier molecular flexibility index (Phi) is 7.13. The van der Waals surface area contributed by atoms with Gasteiger partial charge < -0.3 is 14.8 Å². The highest BCUT2D eigenvalue weighted by atomic mass is 79.9. The summed E-state index contributed by atoms with van der Waals surface area (Å²) in [5.41, 5.74) is 1.36. The third kappa shape index (κ3) is 5.23. The van der Waals surface area contributed by atoms with Crippen LogP contribution < -0.4 is 14.8 Å². The topological polar surface area (TPSA) is 30.5 Å². The molecule has 7 heteroatoms. The zero-order valence-corrected chi connectivity index (χ0v) is 17.8. The van der Waals surface area contributed by atoms with Crippen molar-refractivity contribution in [3.05, 3.63) is 79.2 Å². The minimum atomic E-state index is -0.394. The Hall–Kier alpha value is -1.60. The van der Waals surface area contributed by atoms with E-state index in [0.717, 1.165) is 16.6 Å². The van der Waals surface area contributed by atoms with Gasteiger partial charge in [-0.1, -0.05) is 39.7 Å². The third-order valence-corrected chi connectivity index (χ3v) is 5.93. The van der Waals surface area contributed by atoms with E-state index in [0.29, 0.717) is 28.6 Å². The van der Waals surface area contributed by atoms with E-state index < -0.39 is 5.82 Å². The van der Waals surface area contributed by atoms with Gasteiger partial charge in [0.15, 0.2) is 11.5 Å². The molecular formula is C20H18BrClFNO2S. The summed E-state index contributed by atoms with van der Waals surface area (Å²) in [7, 11) is 1.58. The highest BCUT2D eigenvalue weighted by Crippen LogP contribution is 2.34. The molecule has 27 heavy (non-hydrogen) atoms. The molecule has 1 heterocycles. The van der Waals surface area contributed by atoms with E-state index in [2.05, 4.69) is 32.7 Å². The standard InChI is InChI=1S/C20H18BrClFNO2S/c1-25-19-8-13(10-24-11-14-4-3-7-27-14)16(21)9-20(19)26-12-15-17(22)5-2-6-18(15)23/h2-9,24H,10-12H2,1H3. The fraction of sp³-hybridized carbons (Fsp3) is 0.200. The number of nitrogens with one attached hydrogen (secondary N) is 1. The largest absolute Gasteiger partial charge is 0.493 e. The van der Waals surface area contributed by atoms with Crippen molar-refractivity contribution in [1.82, 2.24) is 5.32 Å². The van der Waals surface area contributed by atoms with Crippen LogP contribution in [-0.2, 0) is 19.7 Å². The van der Waals surface area contributed by atoms with Crippen molar-refractivity contribution in [2.24, 2.45) is 0 Å². The van der Waals surface area contributed by atoms with Crippen LogP contribution in [0.15, 0.2) is 52.3 Å². The van der Waals surface area contributed by atoms with Crippen LogP contribution in [0.2, 0.25) is 5.02 Å². The minimum absolute atomic E-state index is 0.0181. The SMILES string of the molecule is COc1cc(CNCc2cccs2)c(Br)cc1OCc1c(F)cccc1Cl. The number of methoxy groups -OCH3 is 1. The molecule has 0 unspecified atom stereocenters. The summed E-state index contributed by atoms with van der Waals surface area (Å²) in [6.07, 6.45) is 0. The molecule has 0 atom stereocenters. The molecule has 0 fully saturated rings. The van der Waals surface area contributed by atoms with Gasteiger partial charge in [0, 0.05) is 28.0 Å². The number of benzene rings is 2. The molecule has 0 bridgehead atoms. The van der Waals surface area contributed by atoms with E-state index in [-0.39, 0.29) is 6.61 Å². The first-order valence-electron chi connectivity index (χ1n) is 8.23. The Morgan fingerprint density at radius 2 is 2.00 bits per heavy atom. The quantitative estimate of drug-likeness (QED) is 0.426. The van der Waals surface area contributed by atoms with Crippen LogP contribution >= 0.6 is 38.9 Å². The van der Waals surface area contributed by atoms with E-state index >= 15 is 0 Å². The van der Waals surface area contributed by atoms with Gasteiger partial charge in [-0.25, -0.2) is 4.39 Å². The van der Waals surface area contributed by atoms with Crippen LogP contribution in [0.4, 0.5) is 4.39 Å². The first-order chi connectivity index (χ1) is 13.1. The van der Waals surface area contributed by atoms with Gasteiger partial charge in [0.2, 0.25) is 0 Å². The molecule has 3 nitrogen and oxygen atoms in total. The predicted molar refractivity (Wildman–Crippen MR) is 111 cm³/mol. The molecule has 1 aromatic heterocycles. The summed E-state index contributed by atoms with van der Waals surface area (Å²) >= 11 is 11.3. The lowest BCUT2D eigenvalue weighted by atomic mass is 10.2. The number of halogens is 3. The molecule has 0 spiro atoms. The smallest absolute Gasteiger partial charge is 0.162 e. The van der Waals surface area contributed by atoms with Gasteiger partial charge >= 0.3 is 0 Å². The predicted octanol–water partition coefficient (Wildman–Crippen LogP) is 6.18. The lowest BCUT2D eigenvalue weighted by Crippen LogP contribution is -2.12. The monoisotopic (exact) mass is 469 g/mol. The van der Waals surface area contributed by atoms with Crippen molar-refractivity contribution in [2.45, 2.75) is 19.7 Å². The van der Waals surface area contributed by atoms with Crippen LogP contribution in [-0.4, -0.2) is 7.11 Å². The van der Waals surface area contributed by atoms with Crippen molar-refractivity contribution in [3.8, 4) is 11.5 Å². The average Bonchev–Trinajstić information content (AvgIpc) is 3.16. The number of hydrogen-bond acceptors (Lipinski definition) is 4. The summed E-state index contributed by atoms with van der Waals surface area (Å²) in [5.74, 6) is 0.708. The molecule has 0 radical (unpaired) electrons. The van der Waals surface area contributed by atoms with Gasteiger partial charge in [-0.3, -0.25) is 0 Å². The van der Waals surface area contributed by atoms with Crippen molar-refractivity contribution in [3.63, 3.8) is 0 Å². The second kappa shape index (κ2) is 9.55. The van der Waals surface area contributed by atoms with E-state index in [4.69, 9.17) is 21.1 Å². The highest BCUT2D eigenvalue weighted by molar-refractivity contribution is 9.10. The van der Waals surface area contributed by atoms with Gasteiger partial charge in [-0.2, -0.15) is 0 Å². The minimum Gasteiger partial charge on any atom is -0.493 e. The molecular weight excluding hydrogens is 453 g/mol. The zero-order chi connectivity index (χ0) is 19.2. The first-order valence-corrected chi connectivity index (χ1v) is 10.3. The van der Waals surface area contributed by atoms with Crippen LogP contribution in [0.1, 0.15) is 16.0 Å². The molecule has 1 N–H and O–H groups in total. The number of rotatable bonds is 8. The Morgan fingerprint density at radius 3 is 2.70 bits per heavy atom. The van der Waals surface area contributed by atoms with Crippen LogP contribution in [0.5, 0.6) is 11.5 Å². The summed E-state index contributed by atoms with van der Waals surface area (Å²) in [6.45, 7) is 1.50. The average molecular weight is 471 g/mol. The van der Waals surface area contributed by atoms with Crippen LogP contribution in [0.25, 0.3) is 0 Å². The van der Waals surface area contributed by atoms with E-state index in [1.165, 1.54) is 10.9 Å². The van der Waals surface area contributed by atoms with Gasteiger partial charge in [-0.05, 0) is 41.3 Å². The second-order valence-electron chi connectivity index (χ2n) is 5.77. The fourth-order valence-electron chi connectivity index (χ4n) is 2.54. The third-order valence-electron chi connectivity index (χ3n) is 3.96. The summed E-state index contributed by atoms with van der Waals surface area (Å²) in [5, 5.41) is 5.80. The highest BCUT2D eigenvalue weighted by Gasteiger charge is 2.13. The Balaban J connectivity index is 1.69. The lowest BCUT2D eigenvalue weighted by Gasteiger charge is -2.15. The Morgan fingerprint density at radius 1 is 1.15 bits per heavy atom. The zero-order valence-electron chi connectivity index (χ0n) is 14.6. The van der Waals surface area contributed by atoms with Gasteiger partial charge in [0.05, 0.1) is 12.1 Å². The molecule has 0 aliphatic heterocycles. The normalized spacial score (nSPS) is 10.8. The van der Waals surface area contributed by atoms with E-state index in [1.807, 2.05) is 18.2 Å². The van der Waals surface area contributed by atoms with Gasteiger partial charge in [0.1, 0.15) is 12.4 Å². The maximum Gasteiger partial charge on any atom is 0.162 e. The molecule has 142 valence electrons. The van der Waals surface area contributed by atoms with Crippen LogP contribution in [0.3, 0.4) is 0 Å². The maximum atomic E-state index is 13.9. The van der Waals surface area contributed by atoms with Gasteiger partial charge in [0.25, 0.3) is 0 Å². The molecule has 0 aliphatic rings. The summed E-state index contributed by atoms with van der Waals surface area (Å²) in [4.78, 5) is 1.28. The summed E-state index contributed by atoms with van der Waals surface area (Å²) in [6, 6.07) is 12.4. The molecule has 0 saturated carbocycles. The molecule has 3 rings (SSSR count). The van der Waals surface area contributed by atoms with Crippen LogP contribution in [0, 0.1) is 5.82 Å². The van der Waals surface area contributed by atoms with Crippen molar-refractivity contribution >= 4 is 38.9 Å². The molecule has 0 saturated heterocycles. The molecule has 2 aromatic carbocycles. The van der Waals surface area contributed by atoms with Crippen molar-refractivity contribution in [2.75, 3.05) is 7.11 Å². The first kappa shape index (κ1) is 20.1. The summed E-state index contributed by atoms with van der Waals surface area (Å²) < 4.78 is 26.0.